The molecule has 1 atom stereocenters. The second-order valence-corrected chi connectivity index (χ2v) is 7.07. The Morgan fingerprint density at radius 3 is 2.83 bits per heavy atom. The van der Waals surface area contributed by atoms with Gasteiger partial charge in [0.1, 0.15) is 0 Å². The van der Waals surface area contributed by atoms with Crippen molar-refractivity contribution in [1.82, 2.24) is 0 Å². The molecule has 0 N–H and O–H groups in total. The third kappa shape index (κ3) is 0.307. The summed E-state index contributed by atoms with van der Waals surface area (Å²) >= 11 is -0.384. The van der Waals surface area contributed by atoms with Gasteiger partial charge >= 0.3 is 44.4 Å². The van der Waals surface area contributed by atoms with Gasteiger partial charge in [0.25, 0.3) is 0 Å². The first-order chi connectivity index (χ1) is 2.97. The summed E-state index contributed by atoms with van der Waals surface area (Å²) in [6, 6.07) is 0. The van der Waals surface area contributed by atoms with Crippen LogP contribution in [-0.2, 0) is 0 Å². The van der Waals surface area contributed by atoms with Gasteiger partial charge in [0.05, 0.1) is 0 Å². The first kappa shape index (κ1) is 3.31. The normalized spacial score (nSPS) is 40.7. The summed E-state index contributed by atoms with van der Waals surface area (Å²) in [6.07, 6.45) is 1.27. The zero-order chi connectivity index (χ0) is 3.98. The Morgan fingerprint density at radius 1 is 1.67 bits per heavy atom. The van der Waals surface area contributed by atoms with Crippen LogP contribution in [0, 0.1) is 9.85 Å². The third-order valence-electron chi connectivity index (χ3n) is 1.12. The molecule has 0 amide bonds. The number of fused-ring (bicyclic) bond motifs is 1. The van der Waals surface area contributed by atoms with Gasteiger partial charge in [-0.3, -0.25) is 0 Å². The first-order valence-corrected chi connectivity index (χ1v) is 5.94. The SMILES string of the molecule is C1#CI2CC2C1. The predicted molar refractivity (Wildman–Crippen MR) is 35.1 cm³/mol. The molecule has 0 aromatic carbocycles. The number of rotatable bonds is 0. The molecule has 1 unspecified atom stereocenters. The Morgan fingerprint density at radius 2 is 2.67 bits per heavy atom. The maximum atomic E-state index is 3.30. The quantitative estimate of drug-likeness (QED) is 0.307. The van der Waals surface area contributed by atoms with Gasteiger partial charge in [0.2, 0.25) is 0 Å². The fraction of sp³-hybridized carbons (Fsp3) is 0.600. The molecule has 0 radical (unpaired) electrons. The summed E-state index contributed by atoms with van der Waals surface area (Å²) in [7, 11) is 0. The van der Waals surface area contributed by atoms with Gasteiger partial charge in [-0.1, -0.05) is 0 Å². The van der Waals surface area contributed by atoms with E-state index < -0.39 is 0 Å². The van der Waals surface area contributed by atoms with Gasteiger partial charge in [-0.15, -0.1) is 0 Å². The van der Waals surface area contributed by atoms with Crippen LogP contribution in [-0.4, -0.2) is 8.35 Å². The van der Waals surface area contributed by atoms with Crippen molar-refractivity contribution < 1.29 is 0 Å². The number of hydrogen-bond acceptors (Lipinski definition) is 0. The van der Waals surface area contributed by atoms with Crippen molar-refractivity contribution in [2.24, 2.45) is 0 Å². The first-order valence-electron chi connectivity index (χ1n) is 2.09. The second-order valence-electron chi connectivity index (χ2n) is 1.62. The van der Waals surface area contributed by atoms with E-state index in [-0.39, 0.29) is 19.8 Å². The van der Waals surface area contributed by atoms with E-state index >= 15 is 0 Å². The van der Waals surface area contributed by atoms with Crippen LogP contribution in [0.25, 0.3) is 0 Å². The molecule has 0 aliphatic carbocycles. The maximum absolute atomic E-state index is 3.30. The van der Waals surface area contributed by atoms with E-state index in [2.05, 4.69) is 9.85 Å². The molecule has 32 valence electrons. The molecule has 0 aromatic heterocycles. The third-order valence-corrected chi connectivity index (χ3v) is 6.08. The minimum absolute atomic E-state index is 0.384. The fourth-order valence-electron chi connectivity index (χ4n) is 0.645. The molecule has 2 aliphatic heterocycles. The monoisotopic (exact) mass is 192 g/mol. The van der Waals surface area contributed by atoms with Crippen LogP contribution in [0.3, 0.4) is 0 Å². The molecule has 1 fully saturated rings. The molecule has 0 saturated carbocycles. The van der Waals surface area contributed by atoms with Gasteiger partial charge in [-0.2, -0.15) is 0 Å². The van der Waals surface area contributed by atoms with E-state index in [9.17, 15) is 0 Å². The summed E-state index contributed by atoms with van der Waals surface area (Å²) in [5, 5.41) is 0. The Balaban J connectivity index is 2.33. The van der Waals surface area contributed by atoms with Crippen molar-refractivity contribution in [2.75, 3.05) is 4.43 Å². The number of hydrogen-bond donors (Lipinski definition) is 0. The molecular formula is C5H5I. The molecule has 0 aromatic rings. The van der Waals surface area contributed by atoms with Crippen LogP contribution < -0.4 is 0 Å². The summed E-state index contributed by atoms with van der Waals surface area (Å²) in [4.78, 5) is 0. The standard InChI is InChI=1S/C5H5I/c1-2-5-4-6(5)3-1/h5H,2,4H2. The van der Waals surface area contributed by atoms with Gasteiger partial charge < -0.3 is 0 Å². The van der Waals surface area contributed by atoms with E-state index in [1.807, 2.05) is 0 Å². The van der Waals surface area contributed by atoms with Crippen LogP contribution in [0.2, 0.25) is 0 Å². The van der Waals surface area contributed by atoms with Crippen molar-refractivity contribution >= 4 is 19.8 Å². The average Bonchev–Trinajstić information content (AvgIpc) is 2.17. The summed E-state index contributed by atoms with van der Waals surface area (Å²) < 4.78 is 6.01. The van der Waals surface area contributed by atoms with E-state index in [0.717, 1.165) is 3.92 Å². The predicted octanol–water partition coefficient (Wildman–Crippen LogP) is 1.24. The van der Waals surface area contributed by atoms with Gasteiger partial charge in [-0.25, -0.2) is 0 Å². The van der Waals surface area contributed by atoms with E-state index in [1.165, 1.54) is 6.42 Å². The molecule has 2 rings (SSSR count). The topological polar surface area (TPSA) is 0 Å². The average molecular weight is 192 g/mol. The molecule has 0 bridgehead atoms. The Hall–Kier alpha value is 0.290. The molecule has 0 nitrogen and oxygen atoms in total. The molecule has 2 aliphatic rings. The van der Waals surface area contributed by atoms with Crippen molar-refractivity contribution in [3.8, 4) is 9.85 Å². The van der Waals surface area contributed by atoms with E-state index in [4.69, 9.17) is 0 Å². The molecular weight excluding hydrogens is 187 g/mol. The zero-order valence-electron chi connectivity index (χ0n) is 3.37. The minimum atomic E-state index is -0.384. The van der Waals surface area contributed by atoms with Crippen molar-refractivity contribution in [1.29, 1.82) is 0 Å². The summed E-state index contributed by atoms with van der Waals surface area (Å²) in [5.41, 5.74) is 0. The van der Waals surface area contributed by atoms with E-state index in [1.54, 1.807) is 4.43 Å². The van der Waals surface area contributed by atoms with E-state index in [0.29, 0.717) is 0 Å². The summed E-state index contributed by atoms with van der Waals surface area (Å²) in [5.74, 6) is 3.14. The Labute approximate surface area is 44.7 Å². The van der Waals surface area contributed by atoms with Crippen molar-refractivity contribution in [2.45, 2.75) is 10.3 Å². The number of alkyl halides is 2. The number of halogens is 1. The molecule has 1 saturated heterocycles. The summed E-state index contributed by atoms with van der Waals surface area (Å²) in [6.45, 7) is 0. The van der Waals surface area contributed by atoms with Crippen molar-refractivity contribution in [3.05, 3.63) is 0 Å². The van der Waals surface area contributed by atoms with Crippen LogP contribution in [0.5, 0.6) is 0 Å². The van der Waals surface area contributed by atoms with Crippen LogP contribution in [0.4, 0.5) is 0 Å². The Kier molecular flexibility index (Phi) is 0.508. The van der Waals surface area contributed by atoms with Gasteiger partial charge in [0, 0.05) is 0 Å². The van der Waals surface area contributed by atoms with Crippen molar-refractivity contribution in [3.63, 3.8) is 0 Å². The van der Waals surface area contributed by atoms with Crippen LogP contribution in [0.1, 0.15) is 6.42 Å². The van der Waals surface area contributed by atoms with Gasteiger partial charge in [-0.05, 0) is 0 Å². The molecule has 0 spiro atoms. The molecule has 2 heterocycles. The molecule has 1 heteroatoms. The Bertz CT molecular complexity index is 129. The van der Waals surface area contributed by atoms with Crippen LogP contribution in [0.15, 0.2) is 0 Å². The van der Waals surface area contributed by atoms with Crippen LogP contribution >= 0.6 is 19.8 Å². The van der Waals surface area contributed by atoms with Gasteiger partial charge in [0.15, 0.2) is 0 Å². The fourth-order valence-corrected chi connectivity index (χ4v) is 5.03. The second kappa shape index (κ2) is 0.919. The molecule has 6 heavy (non-hydrogen) atoms. The zero-order valence-corrected chi connectivity index (χ0v) is 5.53.